The highest BCUT2D eigenvalue weighted by Crippen LogP contribution is 2.24. The number of nitrogens with zero attached hydrogens (tertiary/aromatic N) is 3. The molecule has 188 valence electrons. The van der Waals surface area contributed by atoms with Gasteiger partial charge >= 0.3 is 6.03 Å². The van der Waals surface area contributed by atoms with E-state index in [0.29, 0.717) is 13.0 Å². The van der Waals surface area contributed by atoms with E-state index in [0.717, 1.165) is 21.9 Å². The maximum Gasteiger partial charge on any atom is 0.334 e. The number of piperazine rings is 1. The standard InChI is InChI=1S/C18H25N5O3S.C7H7Cl/c1-21-12-16(24)22-14(8-9-27-2)17(25)19-11-15(22)23(21)18(26)20-10-13-6-4-3-5-7-13;1-6-4-2-3-5-7(6)8/h3-7,14-15H,8-12H2,1-2H3,(H,19,25)(H,20,26);2-5H,1H3/t14-,15?;/m0./s1. The molecule has 8 nitrogen and oxygen atoms in total. The van der Waals surface area contributed by atoms with E-state index in [1.807, 2.05) is 67.8 Å². The second kappa shape index (κ2) is 12.8. The quantitative estimate of drug-likeness (QED) is 0.636. The van der Waals surface area contributed by atoms with Crippen molar-refractivity contribution in [3.05, 3.63) is 70.7 Å². The van der Waals surface area contributed by atoms with Crippen molar-refractivity contribution in [3.63, 3.8) is 0 Å². The summed E-state index contributed by atoms with van der Waals surface area (Å²) in [5.41, 5.74) is 2.13. The number of carbonyl (C=O) groups is 3. The van der Waals surface area contributed by atoms with Crippen LogP contribution in [0.15, 0.2) is 54.6 Å². The van der Waals surface area contributed by atoms with E-state index < -0.39 is 12.2 Å². The summed E-state index contributed by atoms with van der Waals surface area (Å²) in [6, 6.07) is 16.6. The van der Waals surface area contributed by atoms with Gasteiger partial charge in [-0.05, 0) is 42.5 Å². The van der Waals surface area contributed by atoms with Crippen LogP contribution < -0.4 is 10.6 Å². The van der Waals surface area contributed by atoms with Gasteiger partial charge in [-0.3, -0.25) is 9.59 Å². The summed E-state index contributed by atoms with van der Waals surface area (Å²) < 4.78 is 0. The zero-order valence-electron chi connectivity index (χ0n) is 20.2. The number of benzene rings is 2. The van der Waals surface area contributed by atoms with Crippen molar-refractivity contribution in [3.8, 4) is 0 Å². The third-order valence-corrected chi connectivity index (χ3v) is 6.96. The van der Waals surface area contributed by atoms with Crippen LogP contribution in [0.25, 0.3) is 0 Å². The monoisotopic (exact) mass is 517 g/mol. The number of aryl methyl sites for hydroxylation is 1. The van der Waals surface area contributed by atoms with Crippen molar-refractivity contribution < 1.29 is 14.4 Å². The van der Waals surface area contributed by atoms with Gasteiger partial charge in [0.2, 0.25) is 11.8 Å². The van der Waals surface area contributed by atoms with Gasteiger partial charge in [-0.15, -0.1) is 0 Å². The zero-order valence-corrected chi connectivity index (χ0v) is 21.8. The molecule has 0 aromatic heterocycles. The Kier molecular flexibility index (Phi) is 9.83. The van der Waals surface area contributed by atoms with Gasteiger partial charge in [0, 0.05) is 18.6 Å². The first-order chi connectivity index (χ1) is 16.8. The topological polar surface area (TPSA) is 85.0 Å². The molecule has 0 bridgehead atoms. The van der Waals surface area contributed by atoms with Gasteiger partial charge < -0.3 is 15.5 Å². The first kappa shape index (κ1) is 26.8. The van der Waals surface area contributed by atoms with E-state index in [2.05, 4.69) is 10.6 Å². The summed E-state index contributed by atoms with van der Waals surface area (Å²) in [7, 11) is 1.71. The Morgan fingerprint density at radius 3 is 2.46 bits per heavy atom. The molecule has 2 aliphatic heterocycles. The number of fused-ring (bicyclic) bond motifs is 1. The Hall–Kier alpha value is -2.75. The fraction of sp³-hybridized carbons (Fsp3) is 0.400. The number of nitrogens with one attached hydrogen (secondary N) is 2. The minimum atomic E-state index is -0.540. The number of halogens is 1. The van der Waals surface area contributed by atoms with Gasteiger partial charge in [-0.25, -0.2) is 14.8 Å². The zero-order chi connectivity index (χ0) is 25.4. The SMILES string of the molecule is CSCC[C@H]1C(=O)NCC2N1C(=O)CN(C)N2C(=O)NCc1ccccc1.Cc1ccccc1Cl. The highest BCUT2D eigenvalue weighted by Gasteiger charge is 2.47. The van der Waals surface area contributed by atoms with Crippen molar-refractivity contribution in [2.75, 3.05) is 32.1 Å². The van der Waals surface area contributed by atoms with Gasteiger partial charge in [0.05, 0.1) is 13.1 Å². The summed E-state index contributed by atoms with van der Waals surface area (Å²) in [6.45, 7) is 2.68. The molecule has 4 rings (SSSR count). The predicted molar refractivity (Wildman–Crippen MR) is 140 cm³/mol. The van der Waals surface area contributed by atoms with E-state index in [9.17, 15) is 14.4 Å². The Balaban J connectivity index is 0.000000363. The molecule has 2 heterocycles. The van der Waals surface area contributed by atoms with Crippen LogP contribution in [0.3, 0.4) is 0 Å². The fourth-order valence-corrected chi connectivity index (χ4v) is 4.66. The van der Waals surface area contributed by atoms with Crippen LogP contribution in [-0.2, 0) is 16.1 Å². The largest absolute Gasteiger partial charge is 0.350 e. The summed E-state index contributed by atoms with van der Waals surface area (Å²) in [5, 5.41) is 9.75. The van der Waals surface area contributed by atoms with Crippen LogP contribution >= 0.6 is 23.4 Å². The smallest absolute Gasteiger partial charge is 0.334 e. The molecule has 0 saturated carbocycles. The maximum atomic E-state index is 12.9. The lowest BCUT2D eigenvalue weighted by atomic mass is 10.1. The van der Waals surface area contributed by atoms with E-state index in [1.165, 1.54) is 5.01 Å². The molecule has 2 aromatic rings. The second-order valence-electron chi connectivity index (χ2n) is 8.38. The van der Waals surface area contributed by atoms with Crippen LogP contribution in [0.2, 0.25) is 5.02 Å². The van der Waals surface area contributed by atoms with E-state index in [4.69, 9.17) is 11.6 Å². The number of urea groups is 1. The molecule has 2 saturated heterocycles. The summed E-state index contributed by atoms with van der Waals surface area (Å²) in [6.07, 6.45) is 2.02. The molecule has 2 aromatic carbocycles. The molecule has 0 radical (unpaired) electrons. The number of hydrogen-bond acceptors (Lipinski definition) is 5. The van der Waals surface area contributed by atoms with Crippen LogP contribution in [-0.4, -0.2) is 77.1 Å². The third kappa shape index (κ3) is 6.90. The number of amides is 4. The highest BCUT2D eigenvalue weighted by molar-refractivity contribution is 7.98. The van der Waals surface area contributed by atoms with E-state index in [-0.39, 0.29) is 30.9 Å². The Morgan fingerprint density at radius 2 is 1.83 bits per heavy atom. The predicted octanol–water partition coefficient (Wildman–Crippen LogP) is 3.11. The molecule has 2 aliphatic rings. The molecular formula is C25H32ClN5O3S. The average molecular weight is 518 g/mol. The minimum Gasteiger partial charge on any atom is -0.350 e. The van der Waals surface area contributed by atoms with Gasteiger partial charge in [-0.1, -0.05) is 60.1 Å². The van der Waals surface area contributed by atoms with Gasteiger partial charge in [-0.2, -0.15) is 11.8 Å². The molecular weight excluding hydrogens is 486 g/mol. The number of rotatable bonds is 5. The molecule has 10 heteroatoms. The van der Waals surface area contributed by atoms with E-state index >= 15 is 0 Å². The van der Waals surface area contributed by atoms with Crippen molar-refractivity contribution in [2.24, 2.45) is 0 Å². The summed E-state index contributed by atoms with van der Waals surface area (Å²) in [5.74, 6) is 0.489. The molecule has 2 atom stereocenters. The van der Waals surface area contributed by atoms with Gasteiger partial charge in [0.15, 0.2) is 0 Å². The van der Waals surface area contributed by atoms with Crippen LogP contribution in [0.4, 0.5) is 4.79 Å². The summed E-state index contributed by atoms with van der Waals surface area (Å²) >= 11 is 7.34. The molecule has 0 aliphatic carbocycles. The van der Waals surface area contributed by atoms with Crippen molar-refractivity contribution >= 4 is 41.2 Å². The van der Waals surface area contributed by atoms with Crippen LogP contribution in [0.1, 0.15) is 17.5 Å². The normalized spacial score (nSPS) is 19.9. The average Bonchev–Trinajstić information content (AvgIpc) is 2.85. The number of likely N-dealkylation sites (N-methyl/N-ethyl adjacent to an activating group) is 1. The van der Waals surface area contributed by atoms with Crippen LogP contribution in [0, 0.1) is 6.92 Å². The Morgan fingerprint density at radius 1 is 1.14 bits per heavy atom. The number of thioether (sulfide) groups is 1. The molecule has 2 N–H and O–H groups in total. The van der Waals surface area contributed by atoms with Crippen molar-refractivity contribution in [1.82, 2.24) is 25.6 Å². The number of hydrazine groups is 1. The Bertz CT molecular complexity index is 1000. The lowest BCUT2D eigenvalue weighted by molar-refractivity contribution is -0.177. The van der Waals surface area contributed by atoms with E-state index in [1.54, 1.807) is 28.7 Å². The highest BCUT2D eigenvalue weighted by atomic mass is 35.5. The fourth-order valence-electron chi connectivity index (χ4n) is 4.06. The lowest BCUT2D eigenvalue weighted by Gasteiger charge is -2.52. The Labute approximate surface area is 215 Å². The van der Waals surface area contributed by atoms with Crippen molar-refractivity contribution in [2.45, 2.75) is 32.1 Å². The third-order valence-electron chi connectivity index (χ3n) is 5.89. The van der Waals surface area contributed by atoms with Gasteiger partial charge in [0.1, 0.15) is 12.2 Å². The number of carbonyl (C=O) groups excluding carboxylic acids is 3. The first-order valence-electron chi connectivity index (χ1n) is 11.4. The first-order valence-corrected chi connectivity index (χ1v) is 13.2. The molecule has 1 unspecified atom stereocenters. The lowest BCUT2D eigenvalue weighted by Crippen LogP contribution is -2.75. The van der Waals surface area contributed by atoms with Crippen molar-refractivity contribution in [1.29, 1.82) is 0 Å². The molecule has 35 heavy (non-hydrogen) atoms. The maximum absolute atomic E-state index is 12.9. The number of hydrogen-bond donors (Lipinski definition) is 2. The van der Waals surface area contributed by atoms with Gasteiger partial charge in [0.25, 0.3) is 0 Å². The van der Waals surface area contributed by atoms with Crippen LogP contribution in [0.5, 0.6) is 0 Å². The summed E-state index contributed by atoms with van der Waals surface area (Å²) in [4.78, 5) is 39.4. The molecule has 0 spiro atoms. The molecule has 2 fully saturated rings. The second-order valence-corrected chi connectivity index (χ2v) is 9.77. The minimum absolute atomic E-state index is 0.0678. The molecule has 4 amide bonds.